The van der Waals surface area contributed by atoms with Crippen LogP contribution in [0.5, 0.6) is 11.5 Å². The monoisotopic (exact) mass is 404 g/mol. The number of guanidine groups is 1. The SMILES string of the molecule is CCNC(=NCC(O)(CC)CC)NCCCc1cc2c(OC)cc(OC)cc2[nH]1. The highest BCUT2D eigenvalue weighted by molar-refractivity contribution is 5.88. The Morgan fingerprint density at radius 1 is 1.10 bits per heavy atom. The second-order valence-corrected chi connectivity index (χ2v) is 7.24. The lowest BCUT2D eigenvalue weighted by Gasteiger charge is -2.23. The van der Waals surface area contributed by atoms with Crippen molar-refractivity contribution >= 4 is 16.9 Å². The molecule has 0 fully saturated rings. The average Bonchev–Trinajstić information content (AvgIpc) is 3.16. The lowest BCUT2D eigenvalue weighted by atomic mass is 9.98. The van der Waals surface area contributed by atoms with Crippen molar-refractivity contribution in [2.45, 2.75) is 52.1 Å². The molecule has 0 aliphatic heterocycles. The Morgan fingerprint density at radius 3 is 2.48 bits per heavy atom. The third-order valence-corrected chi connectivity index (χ3v) is 5.29. The summed E-state index contributed by atoms with van der Waals surface area (Å²) >= 11 is 0. The molecule has 2 aromatic rings. The zero-order valence-corrected chi connectivity index (χ0v) is 18.4. The van der Waals surface area contributed by atoms with Gasteiger partial charge in [0.05, 0.1) is 31.9 Å². The summed E-state index contributed by atoms with van der Waals surface area (Å²) in [6.07, 6.45) is 3.24. The van der Waals surface area contributed by atoms with E-state index >= 15 is 0 Å². The number of aromatic nitrogens is 1. The minimum absolute atomic E-state index is 0.402. The van der Waals surface area contributed by atoms with Gasteiger partial charge in [0, 0.05) is 36.3 Å². The molecule has 0 aliphatic rings. The van der Waals surface area contributed by atoms with Crippen molar-refractivity contribution in [1.29, 1.82) is 0 Å². The van der Waals surface area contributed by atoms with Gasteiger partial charge in [0.15, 0.2) is 5.96 Å². The number of fused-ring (bicyclic) bond motifs is 1. The van der Waals surface area contributed by atoms with Crippen LogP contribution in [0.2, 0.25) is 0 Å². The number of aliphatic imine (C=N–C) groups is 1. The number of ether oxygens (including phenoxy) is 2. The maximum Gasteiger partial charge on any atom is 0.191 e. The van der Waals surface area contributed by atoms with E-state index < -0.39 is 5.60 Å². The van der Waals surface area contributed by atoms with Crippen molar-refractivity contribution in [3.05, 3.63) is 23.9 Å². The third kappa shape index (κ3) is 6.29. The first-order chi connectivity index (χ1) is 14.0. The molecule has 29 heavy (non-hydrogen) atoms. The molecule has 0 saturated carbocycles. The van der Waals surface area contributed by atoms with Gasteiger partial charge in [0.25, 0.3) is 0 Å². The molecule has 1 aromatic heterocycles. The van der Waals surface area contributed by atoms with Crippen molar-refractivity contribution in [2.24, 2.45) is 4.99 Å². The second kappa shape index (κ2) is 11.0. The van der Waals surface area contributed by atoms with Gasteiger partial charge in [0.2, 0.25) is 0 Å². The summed E-state index contributed by atoms with van der Waals surface area (Å²) in [6.45, 7) is 7.99. The van der Waals surface area contributed by atoms with E-state index in [0.717, 1.165) is 60.0 Å². The highest BCUT2D eigenvalue weighted by Crippen LogP contribution is 2.31. The molecule has 4 N–H and O–H groups in total. The van der Waals surface area contributed by atoms with Crippen LogP contribution in [0.25, 0.3) is 10.9 Å². The molecular weight excluding hydrogens is 368 g/mol. The molecule has 0 amide bonds. The number of rotatable bonds is 11. The number of hydrogen-bond acceptors (Lipinski definition) is 4. The van der Waals surface area contributed by atoms with Crippen LogP contribution in [-0.2, 0) is 6.42 Å². The molecule has 0 bridgehead atoms. The number of nitrogens with one attached hydrogen (secondary N) is 3. The Kier molecular flexibility index (Phi) is 8.64. The number of methoxy groups -OCH3 is 2. The minimum atomic E-state index is -0.729. The molecule has 0 radical (unpaired) electrons. The average molecular weight is 405 g/mol. The quantitative estimate of drug-likeness (QED) is 0.262. The van der Waals surface area contributed by atoms with Crippen molar-refractivity contribution in [3.8, 4) is 11.5 Å². The summed E-state index contributed by atoms with van der Waals surface area (Å²) in [5.41, 5.74) is 1.44. The fraction of sp³-hybridized carbons (Fsp3) is 0.591. The van der Waals surface area contributed by atoms with E-state index in [4.69, 9.17) is 9.47 Å². The first-order valence-electron chi connectivity index (χ1n) is 10.5. The van der Waals surface area contributed by atoms with Gasteiger partial charge < -0.3 is 30.2 Å². The summed E-state index contributed by atoms with van der Waals surface area (Å²) in [6, 6.07) is 6.02. The second-order valence-electron chi connectivity index (χ2n) is 7.24. The Morgan fingerprint density at radius 2 is 1.86 bits per heavy atom. The molecule has 7 nitrogen and oxygen atoms in total. The van der Waals surface area contributed by atoms with Gasteiger partial charge in [-0.1, -0.05) is 13.8 Å². The summed E-state index contributed by atoms with van der Waals surface area (Å²) in [4.78, 5) is 8.01. The third-order valence-electron chi connectivity index (χ3n) is 5.29. The van der Waals surface area contributed by atoms with Gasteiger partial charge >= 0.3 is 0 Å². The highest BCUT2D eigenvalue weighted by atomic mass is 16.5. The summed E-state index contributed by atoms with van der Waals surface area (Å²) in [5, 5.41) is 18.1. The number of H-pyrrole nitrogens is 1. The van der Waals surface area contributed by atoms with Crippen LogP contribution in [0.3, 0.4) is 0 Å². The largest absolute Gasteiger partial charge is 0.497 e. The Bertz CT molecular complexity index is 797. The lowest BCUT2D eigenvalue weighted by Crippen LogP contribution is -2.40. The number of aliphatic hydroxyl groups is 1. The minimum Gasteiger partial charge on any atom is -0.497 e. The van der Waals surface area contributed by atoms with Crippen LogP contribution in [-0.4, -0.2) is 55.5 Å². The Balaban J connectivity index is 1.94. The molecule has 2 rings (SSSR count). The standard InChI is InChI=1S/C22H36N4O3/c1-6-22(27,7-2)15-25-21(23-8-3)24-11-9-10-16-12-18-19(26-16)13-17(28-4)14-20(18)29-5/h12-14,26-27H,6-11,15H2,1-5H3,(H2,23,24,25). The Labute approximate surface area is 173 Å². The molecule has 0 aliphatic carbocycles. The molecule has 0 spiro atoms. The van der Waals surface area contributed by atoms with Gasteiger partial charge in [-0.05, 0) is 38.7 Å². The van der Waals surface area contributed by atoms with Crippen LogP contribution >= 0.6 is 0 Å². The fourth-order valence-electron chi connectivity index (χ4n) is 3.19. The highest BCUT2D eigenvalue weighted by Gasteiger charge is 2.21. The lowest BCUT2D eigenvalue weighted by molar-refractivity contribution is 0.0418. The number of nitrogens with zero attached hydrogens (tertiary/aromatic N) is 1. The summed E-state index contributed by atoms with van der Waals surface area (Å²) in [5.74, 6) is 2.33. The summed E-state index contributed by atoms with van der Waals surface area (Å²) < 4.78 is 10.8. The maximum absolute atomic E-state index is 10.4. The normalized spacial score (nSPS) is 12.3. The topological polar surface area (TPSA) is 90.9 Å². The van der Waals surface area contributed by atoms with Gasteiger partial charge in [-0.3, -0.25) is 4.99 Å². The van der Waals surface area contributed by atoms with Crippen LogP contribution in [0, 0.1) is 0 Å². The maximum atomic E-state index is 10.4. The summed E-state index contributed by atoms with van der Waals surface area (Å²) in [7, 11) is 3.33. The Hall–Kier alpha value is -2.41. The molecule has 1 aromatic carbocycles. The van der Waals surface area contributed by atoms with Crippen LogP contribution in [0.4, 0.5) is 0 Å². The number of benzene rings is 1. The zero-order chi connectivity index (χ0) is 21.3. The van der Waals surface area contributed by atoms with Crippen molar-refractivity contribution in [2.75, 3.05) is 33.9 Å². The van der Waals surface area contributed by atoms with E-state index in [0.29, 0.717) is 19.4 Å². The number of aromatic amines is 1. The fourth-order valence-corrected chi connectivity index (χ4v) is 3.19. The smallest absolute Gasteiger partial charge is 0.191 e. The molecule has 1 heterocycles. The zero-order valence-electron chi connectivity index (χ0n) is 18.4. The van der Waals surface area contributed by atoms with E-state index in [-0.39, 0.29) is 0 Å². The molecule has 0 saturated heterocycles. The predicted octanol–water partition coefficient (Wildman–Crippen LogP) is 3.22. The first kappa shape index (κ1) is 22.9. The molecule has 0 atom stereocenters. The van der Waals surface area contributed by atoms with Gasteiger partial charge in [0.1, 0.15) is 11.5 Å². The van der Waals surface area contributed by atoms with Crippen LogP contribution < -0.4 is 20.1 Å². The van der Waals surface area contributed by atoms with E-state index in [2.05, 4.69) is 26.7 Å². The van der Waals surface area contributed by atoms with Gasteiger partial charge in [-0.2, -0.15) is 0 Å². The van der Waals surface area contributed by atoms with E-state index in [1.165, 1.54) is 0 Å². The molecular formula is C22H36N4O3. The van der Waals surface area contributed by atoms with E-state index in [9.17, 15) is 5.11 Å². The van der Waals surface area contributed by atoms with Gasteiger partial charge in [-0.25, -0.2) is 0 Å². The van der Waals surface area contributed by atoms with Crippen molar-refractivity contribution in [3.63, 3.8) is 0 Å². The van der Waals surface area contributed by atoms with Gasteiger partial charge in [-0.15, -0.1) is 0 Å². The van der Waals surface area contributed by atoms with Crippen molar-refractivity contribution < 1.29 is 14.6 Å². The molecule has 7 heteroatoms. The van der Waals surface area contributed by atoms with E-state index in [1.807, 2.05) is 32.9 Å². The molecule has 162 valence electrons. The first-order valence-corrected chi connectivity index (χ1v) is 10.5. The van der Waals surface area contributed by atoms with Crippen LogP contribution in [0.1, 0.15) is 45.7 Å². The molecule has 0 unspecified atom stereocenters. The van der Waals surface area contributed by atoms with Crippen molar-refractivity contribution in [1.82, 2.24) is 15.6 Å². The van der Waals surface area contributed by atoms with E-state index in [1.54, 1.807) is 14.2 Å². The van der Waals surface area contributed by atoms with Crippen LogP contribution in [0.15, 0.2) is 23.2 Å². The number of hydrogen-bond donors (Lipinski definition) is 4. The predicted molar refractivity (Wildman–Crippen MR) is 119 cm³/mol. The number of aryl methyl sites for hydroxylation is 1.